The summed E-state index contributed by atoms with van der Waals surface area (Å²) in [6, 6.07) is 4.24. The molecule has 8 nitrogen and oxygen atoms in total. The van der Waals surface area contributed by atoms with Gasteiger partial charge in [0.15, 0.2) is 11.8 Å². The van der Waals surface area contributed by atoms with Gasteiger partial charge in [0.25, 0.3) is 0 Å². The van der Waals surface area contributed by atoms with Gasteiger partial charge < -0.3 is 19.6 Å². The van der Waals surface area contributed by atoms with Gasteiger partial charge in [-0.05, 0) is 44.5 Å². The number of furan rings is 1. The highest BCUT2D eigenvalue weighted by atomic mass is 127. The molecule has 148 valence electrons. The predicted molar refractivity (Wildman–Crippen MR) is 114 cm³/mol. The van der Waals surface area contributed by atoms with Crippen LogP contribution >= 0.6 is 24.0 Å². The predicted octanol–water partition coefficient (Wildman–Crippen LogP) is 1.94. The van der Waals surface area contributed by atoms with Crippen molar-refractivity contribution in [2.45, 2.75) is 44.8 Å². The van der Waals surface area contributed by atoms with Crippen LogP contribution in [0.25, 0.3) is 0 Å². The third kappa shape index (κ3) is 4.63. The Hall–Kier alpha value is -1.62. The summed E-state index contributed by atoms with van der Waals surface area (Å²) in [7, 11) is 1.79. The molecular formula is C18H28IN7O. The number of aryl methyl sites for hydroxylation is 1. The number of halogens is 1. The zero-order valence-electron chi connectivity index (χ0n) is 15.7. The smallest absolute Gasteiger partial charge is 0.191 e. The van der Waals surface area contributed by atoms with Crippen LogP contribution in [-0.4, -0.2) is 52.3 Å². The van der Waals surface area contributed by atoms with Gasteiger partial charge in [-0.1, -0.05) is 0 Å². The van der Waals surface area contributed by atoms with Gasteiger partial charge in [0.2, 0.25) is 0 Å². The van der Waals surface area contributed by atoms with Crippen molar-refractivity contribution in [2.75, 3.05) is 26.7 Å². The fraction of sp³-hybridized carbons (Fsp3) is 0.611. The summed E-state index contributed by atoms with van der Waals surface area (Å²) in [6.07, 6.45) is 6.44. The molecule has 1 fully saturated rings. The number of nitrogens with zero attached hydrogens (tertiary/aromatic N) is 5. The van der Waals surface area contributed by atoms with E-state index in [-0.39, 0.29) is 30.0 Å². The Morgan fingerprint density at radius 1 is 1.22 bits per heavy atom. The second-order valence-corrected chi connectivity index (χ2v) is 6.87. The van der Waals surface area contributed by atoms with Gasteiger partial charge in [0, 0.05) is 26.6 Å². The lowest BCUT2D eigenvalue weighted by Crippen LogP contribution is -2.42. The summed E-state index contributed by atoms with van der Waals surface area (Å²) < 4.78 is 7.88. The maximum absolute atomic E-state index is 5.68. The van der Waals surface area contributed by atoms with E-state index in [1.54, 1.807) is 13.3 Å². The van der Waals surface area contributed by atoms with E-state index < -0.39 is 0 Å². The topological polar surface area (TPSA) is 83.5 Å². The van der Waals surface area contributed by atoms with Crippen LogP contribution in [0.5, 0.6) is 0 Å². The minimum Gasteiger partial charge on any atom is -0.468 e. The van der Waals surface area contributed by atoms with Crippen LogP contribution in [0.15, 0.2) is 27.8 Å². The first-order chi connectivity index (χ1) is 12.8. The molecule has 4 heterocycles. The molecule has 0 aliphatic carbocycles. The lowest BCUT2D eigenvalue weighted by molar-refractivity contribution is 0.215. The van der Waals surface area contributed by atoms with E-state index in [0.29, 0.717) is 6.54 Å². The molecule has 27 heavy (non-hydrogen) atoms. The van der Waals surface area contributed by atoms with E-state index in [0.717, 1.165) is 62.4 Å². The van der Waals surface area contributed by atoms with Gasteiger partial charge in [0.1, 0.15) is 11.6 Å². The highest BCUT2D eigenvalue weighted by Crippen LogP contribution is 2.24. The third-order valence-electron chi connectivity index (χ3n) is 5.24. The van der Waals surface area contributed by atoms with Crippen LogP contribution in [0.3, 0.4) is 0 Å². The molecule has 2 aliphatic rings. The molecule has 4 rings (SSSR count). The molecule has 2 aromatic heterocycles. The summed E-state index contributed by atoms with van der Waals surface area (Å²) in [5.74, 6) is 3.85. The molecule has 9 heteroatoms. The van der Waals surface area contributed by atoms with Gasteiger partial charge in [-0.3, -0.25) is 9.89 Å². The normalized spacial score (nSPS) is 18.2. The zero-order chi connectivity index (χ0) is 17.8. The number of aliphatic imine (C=N–C) groups is 1. The Labute approximate surface area is 176 Å². The first-order valence-corrected chi connectivity index (χ1v) is 9.48. The van der Waals surface area contributed by atoms with Crippen molar-refractivity contribution in [1.29, 1.82) is 0 Å². The summed E-state index contributed by atoms with van der Waals surface area (Å²) in [5, 5.41) is 15.3. The van der Waals surface area contributed by atoms with Crippen molar-refractivity contribution >= 4 is 29.9 Å². The van der Waals surface area contributed by atoms with Gasteiger partial charge in [-0.15, -0.1) is 34.2 Å². The fourth-order valence-electron chi connectivity index (χ4n) is 3.86. The molecule has 0 aromatic carbocycles. The minimum absolute atomic E-state index is 0. The molecule has 2 aromatic rings. The Balaban J connectivity index is 0.00000210. The number of fused-ring (bicyclic) bond motifs is 1. The van der Waals surface area contributed by atoms with Crippen LogP contribution in [-0.2, 0) is 19.5 Å². The van der Waals surface area contributed by atoms with Gasteiger partial charge in [-0.25, -0.2) is 0 Å². The van der Waals surface area contributed by atoms with E-state index in [9.17, 15) is 0 Å². The van der Waals surface area contributed by atoms with Crippen molar-refractivity contribution in [2.24, 2.45) is 4.99 Å². The molecule has 2 N–H and O–H groups in total. The summed E-state index contributed by atoms with van der Waals surface area (Å²) in [4.78, 5) is 6.83. The van der Waals surface area contributed by atoms with Crippen LogP contribution in [0.1, 0.15) is 42.7 Å². The van der Waals surface area contributed by atoms with E-state index >= 15 is 0 Å². The molecule has 1 atom stereocenters. The minimum atomic E-state index is 0. The van der Waals surface area contributed by atoms with E-state index in [1.807, 2.05) is 6.07 Å². The lowest BCUT2D eigenvalue weighted by Gasteiger charge is -2.26. The monoisotopic (exact) mass is 485 g/mol. The second-order valence-electron chi connectivity index (χ2n) is 6.87. The quantitative estimate of drug-likeness (QED) is 0.370. The van der Waals surface area contributed by atoms with Crippen LogP contribution in [0, 0.1) is 0 Å². The number of hydrogen-bond donors (Lipinski definition) is 2. The average molecular weight is 485 g/mol. The maximum Gasteiger partial charge on any atom is 0.191 e. The van der Waals surface area contributed by atoms with Crippen molar-refractivity contribution in [1.82, 2.24) is 30.3 Å². The summed E-state index contributed by atoms with van der Waals surface area (Å²) >= 11 is 0. The molecule has 0 spiro atoms. The standard InChI is InChI=1S/C18H27N7O.HI/c1-19-18(21-13-17-23-22-16-7-4-10-25(16)17)20-12-14(15-6-5-11-26-15)24-8-2-3-9-24;/h5-6,11,14H,2-4,7-10,12-13H2,1H3,(H2,19,20,21);1H. The highest BCUT2D eigenvalue weighted by molar-refractivity contribution is 14.0. The highest BCUT2D eigenvalue weighted by Gasteiger charge is 2.25. The number of guanidine groups is 1. The number of aromatic nitrogens is 3. The van der Waals surface area contributed by atoms with Gasteiger partial charge in [-0.2, -0.15) is 0 Å². The number of hydrogen-bond acceptors (Lipinski definition) is 5. The molecule has 0 radical (unpaired) electrons. The Morgan fingerprint density at radius 2 is 2.07 bits per heavy atom. The first-order valence-electron chi connectivity index (χ1n) is 9.48. The van der Waals surface area contributed by atoms with Crippen molar-refractivity contribution in [3.63, 3.8) is 0 Å². The first kappa shape index (κ1) is 20.1. The summed E-state index contributed by atoms with van der Waals surface area (Å²) in [6.45, 7) is 4.63. The Kier molecular flexibility index (Phi) is 7.11. The molecule has 1 unspecified atom stereocenters. The average Bonchev–Trinajstić information content (AvgIpc) is 3.44. The van der Waals surface area contributed by atoms with Crippen molar-refractivity contribution in [3.8, 4) is 0 Å². The maximum atomic E-state index is 5.68. The fourth-order valence-corrected chi connectivity index (χ4v) is 3.86. The molecule has 0 saturated carbocycles. The van der Waals surface area contributed by atoms with Crippen LogP contribution in [0.2, 0.25) is 0 Å². The SMILES string of the molecule is CN=C(NCc1nnc2n1CCC2)NCC(c1ccco1)N1CCCC1.I. The molecule has 2 aliphatic heterocycles. The molecule has 1 saturated heterocycles. The lowest BCUT2D eigenvalue weighted by atomic mass is 10.2. The zero-order valence-corrected chi connectivity index (χ0v) is 18.1. The molecule has 0 bridgehead atoms. The van der Waals surface area contributed by atoms with E-state index in [1.165, 1.54) is 12.8 Å². The van der Waals surface area contributed by atoms with E-state index in [2.05, 4.69) is 41.4 Å². The Morgan fingerprint density at radius 3 is 2.81 bits per heavy atom. The largest absolute Gasteiger partial charge is 0.468 e. The summed E-state index contributed by atoms with van der Waals surface area (Å²) in [5.41, 5.74) is 0. The van der Waals surface area contributed by atoms with Crippen LogP contribution in [0.4, 0.5) is 0 Å². The van der Waals surface area contributed by atoms with Crippen LogP contribution < -0.4 is 10.6 Å². The second kappa shape index (κ2) is 9.54. The van der Waals surface area contributed by atoms with Gasteiger partial charge in [0.05, 0.1) is 18.8 Å². The number of likely N-dealkylation sites (tertiary alicyclic amines) is 1. The Bertz CT molecular complexity index is 737. The van der Waals surface area contributed by atoms with Gasteiger partial charge >= 0.3 is 0 Å². The third-order valence-corrected chi connectivity index (χ3v) is 5.24. The van der Waals surface area contributed by atoms with Crippen molar-refractivity contribution < 1.29 is 4.42 Å². The van der Waals surface area contributed by atoms with E-state index in [4.69, 9.17) is 4.42 Å². The molecule has 0 amide bonds. The number of rotatable bonds is 6. The van der Waals surface area contributed by atoms with Crippen molar-refractivity contribution in [3.05, 3.63) is 35.8 Å². The molecular weight excluding hydrogens is 457 g/mol. The number of nitrogens with one attached hydrogen (secondary N) is 2.